The summed E-state index contributed by atoms with van der Waals surface area (Å²) in [5, 5.41) is 13.9. The number of aromatic nitrogens is 10. The molecule has 0 N–H and O–H groups in total. The van der Waals surface area contributed by atoms with E-state index in [0.29, 0.717) is 32.9 Å². The number of hydrogen-bond acceptors (Lipinski definition) is 14. The molecule has 0 unspecified atom stereocenters. The predicted octanol–water partition coefficient (Wildman–Crippen LogP) is 8.20. The molecule has 1 aliphatic heterocycles. The molecule has 69 heavy (non-hydrogen) atoms. The molecule has 0 radical (unpaired) electrons. The van der Waals surface area contributed by atoms with Gasteiger partial charge in [-0.1, -0.05) is 7.43 Å². The van der Waals surface area contributed by atoms with Crippen molar-refractivity contribution in [3.63, 3.8) is 0 Å². The number of rotatable bonds is 8. The number of methoxy groups -OCH3 is 2. The maximum absolute atomic E-state index is 13.4. The van der Waals surface area contributed by atoms with Crippen molar-refractivity contribution in [1.29, 1.82) is 0 Å². The van der Waals surface area contributed by atoms with Gasteiger partial charge in [0.2, 0.25) is 9.92 Å². The zero-order valence-corrected chi connectivity index (χ0v) is 37.7. The Labute approximate surface area is 391 Å². The van der Waals surface area contributed by atoms with E-state index >= 15 is 0 Å². The van der Waals surface area contributed by atoms with Gasteiger partial charge in [0.05, 0.1) is 37.2 Å². The Hall–Kier alpha value is -5.10. The molecule has 36 heteroatoms. The Morgan fingerprint density at radius 3 is 1.48 bits per heavy atom. The van der Waals surface area contributed by atoms with Crippen LogP contribution in [0.4, 0.5) is 70.2 Å². The van der Waals surface area contributed by atoms with Gasteiger partial charge in [0.1, 0.15) is 17.6 Å². The second-order valence-electron chi connectivity index (χ2n) is 14.6. The van der Waals surface area contributed by atoms with E-state index in [1.54, 1.807) is 27.7 Å². The summed E-state index contributed by atoms with van der Waals surface area (Å²) in [6.07, 6.45) is -18.1. The minimum atomic E-state index is -5.90. The van der Waals surface area contributed by atoms with Crippen molar-refractivity contribution in [3.8, 4) is 21.5 Å². The van der Waals surface area contributed by atoms with Crippen LogP contribution in [0.15, 0.2) is 38.8 Å². The van der Waals surface area contributed by atoms with Crippen molar-refractivity contribution < 1.29 is 89.0 Å². The molecule has 1 saturated heterocycles. The summed E-state index contributed by atoms with van der Waals surface area (Å²) in [5.41, 5.74) is -7.96. The minimum absolute atomic E-state index is 0. The molecule has 382 valence electrons. The zero-order valence-electron chi connectivity index (χ0n) is 34.5. The van der Waals surface area contributed by atoms with Crippen LogP contribution in [0.2, 0.25) is 0 Å². The lowest BCUT2D eigenvalue weighted by molar-refractivity contribution is -0.287. The van der Waals surface area contributed by atoms with Crippen LogP contribution < -0.4 is 26.1 Å². The lowest BCUT2D eigenvalue weighted by Gasteiger charge is -2.32. The van der Waals surface area contributed by atoms with Crippen LogP contribution >= 0.6 is 38.6 Å². The maximum Gasteiger partial charge on any atom is 0.498 e. The molecule has 6 aromatic heterocycles. The van der Waals surface area contributed by atoms with Crippen molar-refractivity contribution in [3.05, 3.63) is 61.4 Å². The number of ether oxygens (including phenoxy) is 2. The SMILES string of the molecule is C.CC1(C)OB(c2cnn(CC(F)(F)C(F)(F)F)c2)OC1(C)C.COc1nn2c(=O)c(-c3cnn(CC(F)(F)C(F)(F)F)c3)c(C(F)(F)F)nc2s1.COc1nn2c(=O)c(Br)c(C(F)(F)F)nc2s1. The standard InChI is InChI=1S/C13H7F8N5O2S.C12H16BF5N2O2.C7H3BrF3N3O2S.CH4/c1-28-10-24-26-8(27)6(7(12(16,17)18)23-9(26)29-10)5-2-22-25(3-5)4-11(14,15)13(19,20)21;1-9(2)10(3,4)22-13(21-9)8-5-19-20(6-8)7-11(14,15)12(16,17)18;1-16-6-13-14-4(15)2(8)3(7(9,10)11)12-5(14)17-6;/h2-3H,4H2,1H3;5-6H,7H2,1-4H3;1H3;1H4. The molecule has 7 heterocycles. The molecule has 16 nitrogen and oxygen atoms in total. The molecule has 7 rings (SSSR count). The summed E-state index contributed by atoms with van der Waals surface area (Å²) in [6, 6.07) is 0. The summed E-state index contributed by atoms with van der Waals surface area (Å²) < 4.78 is 226. The van der Waals surface area contributed by atoms with Gasteiger partial charge in [-0.15, -0.1) is 10.2 Å². The molecule has 0 amide bonds. The highest BCUT2D eigenvalue weighted by molar-refractivity contribution is 9.10. The third kappa shape index (κ3) is 11.9. The van der Waals surface area contributed by atoms with Crippen molar-refractivity contribution in [2.24, 2.45) is 0 Å². The van der Waals surface area contributed by atoms with Gasteiger partial charge in [-0.3, -0.25) is 19.0 Å². The summed E-state index contributed by atoms with van der Waals surface area (Å²) in [5.74, 6) is -10.0. The maximum atomic E-state index is 13.4. The Bertz CT molecular complexity index is 2890. The fraction of sp³-hybridized carbons (Fsp3) is 0.515. The molecule has 1 fully saturated rings. The first kappa shape index (κ1) is 56.5. The Morgan fingerprint density at radius 2 is 1.06 bits per heavy atom. The highest BCUT2D eigenvalue weighted by Gasteiger charge is 2.59. The van der Waals surface area contributed by atoms with Gasteiger partial charge in [-0.25, -0.2) is 9.97 Å². The van der Waals surface area contributed by atoms with E-state index in [2.05, 4.69) is 46.3 Å². The van der Waals surface area contributed by atoms with E-state index in [1.165, 1.54) is 7.11 Å². The first-order valence-electron chi connectivity index (χ1n) is 17.9. The number of halogens is 17. The Morgan fingerprint density at radius 1 is 0.652 bits per heavy atom. The highest BCUT2D eigenvalue weighted by atomic mass is 79.9. The van der Waals surface area contributed by atoms with Gasteiger partial charge in [0.15, 0.2) is 11.4 Å². The summed E-state index contributed by atoms with van der Waals surface area (Å²) in [7, 11) is 1.58. The van der Waals surface area contributed by atoms with E-state index in [9.17, 15) is 79.8 Å². The molecule has 0 aromatic carbocycles. The van der Waals surface area contributed by atoms with Gasteiger partial charge in [-0.2, -0.15) is 89.5 Å². The molecule has 0 spiro atoms. The molecule has 0 atom stereocenters. The van der Waals surface area contributed by atoms with Gasteiger partial charge < -0.3 is 18.8 Å². The van der Waals surface area contributed by atoms with Crippen LogP contribution in [-0.2, 0) is 34.8 Å². The van der Waals surface area contributed by atoms with Crippen molar-refractivity contribution in [2.45, 2.75) is 96.0 Å². The number of hydrogen-bond donors (Lipinski definition) is 0. The first-order chi connectivity index (χ1) is 30.8. The van der Waals surface area contributed by atoms with E-state index in [-0.39, 0.29) is 32.9 Å². The normalized spacial score (nSPS) is 15.4. The first-order valence-corrected chi connectivity index (χ1v) is 20.3. The topological polar surface area (TPSA) is 167 Å². The zero-order chi connectivity index (χ0) is 51.5. The molecule has 0 aliphatic carbocycles. The lowest BCUT2D eigenvalue weighted by Crippen LogP contribution is -2.41. The summed E-state index contributed by atoms with van der Waals surface area (Å²) in [4.78, 5) is 30.1. The van der Waals surface area contributed by atoms with E-state index < -0.39 is 111 Å². The van der Waals surface area contributed by atoms with Crippen LogP contribution in [0.3, 0.4) is 0 Å². The van der Waals surface area contributed by atoms with Gasteiger partial charge in [0, 0.05) is 29.6 Å². The van der Waals surface area contributed by atoms with Gasteiger partial charge >= 0.3 is 43.7 Å². The molecular formula is C33H30BBrF16N10O6S2. The fourth-order valence-corrected chi connectivity index (χ4v) is 7.09. The average Bonchev–Trinajstić information content (AvgIpc) is 4.02. The largest absolute Gasteiger partial charge is 0.498 e. The third-order valence-electron chi connectivity index (χ3n) is 9.27. The van der Waals surface area contributed by atoms with Crippen LogP contribution in [0.1, 0.15) is 46.5 Å². The van der Waals surface area contributed by atoms with Crippen LogP contribution in [0.25, 0.3) is 21.0 Å². The van der Waals surface area contributed by atoms with Gasteiger partial charge in [0.25, 0.3) is 21.5 Å². The smallest absolute Gasteiger partial charge is 0.472 e. The third-order valence-corrected chi connectivity index (χ3v) is 11.7. The van der Waals surface area contributed by atoms with E-state index in [0.717, 1.165) is 35.4 Å². The number of nitrogens with zero attached hydrogens (tertiary/aromatic N) is 10. The van der Waals surface area contributed by atoms with Crippen molar-refractivity contribution in [1.82, 2.24) is 48.8 Å². The predicted molar refractivity (Wildman–Crippen MR) is 213 cm³/mol. The van der Waals surface area contributed by atoms with Crippen molar-refractivity contribution in [2.75, 3.05) is 14.2 Å². The Balaban J connectivity index is 0.000000232. The molecule has 1 aliphatic rings. The average molecular weight is 1120 g/mol. The number of alkyl halides is 16. The van der Waals surface area contributed by atoms with Crippen LogP contribution in [-0.4, -0.2) is 105 Å². The highest BCUT2D eigenvalue weighted by Crippen LogP contribution is 2.40. The summed E-state index contributed by atoms with van der Waals surface area (Å²) in [6.45, 7) is 3.63. The number of fused-ring (bicyclic) bond motifs is 2. The quantitative estimate of drug-likeness (QED) is 0.106. The fourth-order valence-electron chi connectivity index (χ4n) is 5.19. The Kier molecular flexibility index (Phi) is 15.8. The second kappa shape index (κ2) is 19.3. The van der Waals surface area contributed by atoms with Crippen LogP contribution in [0, 0.1) is 0 Å². The van der Waals surface area contributed by atoms with Crippen LogP contribution in [0.5, 0.6) is 10.4 Å². The minimum Gasteiger partial charge on any atom is -0.472 e. The monoisotopic (exact) mass is 1120 g/mol. The molecule has 6 aromatic rings. The molecular weight excluding hydrogens is 1090 g/mol. The second-order valence-corrected chi connectivity index (χ2v) is 17.3. The molecule has 0 bridgehead atoms. The summed E-state index contributed by atoms with van der Waals surface area (Å²) >= 11 is 3.86. The molecule has 0 saturated carbocycles. The van der Waals surface area contributed by atoms with E-state index in [1.807, 2.05) is 0 Å². The van der Waals surface area contributed by atoms with E-state index in [4.69, 9.17) is 18.8 Å². The lowest BCUT2D eigenvalue weighted by atomic mass is 9.82. The van der Waals surface area contributed by atoms with Gasteiger partial charge in [-0.05, 0) is 66.3 Å². The van der Waals surface area contributed by atoms with Crippen molar-refractivity contribution >= 4 is 61.1 Å².